The number of rotatable bonds is 8. The second kappa shape index (κ2) is 7.42. The highest BCUT2D eigenvalue weighted by Gasteiger charge is 2.41. The van der Waals surface area contributed by atoms with Gasteiger partial charge in [-0.1, -0.05) is 32.6 Å². The van der Waals surface area contributed by atoms with Gasteiger partial charge in [-0.3, -0.25) is 4.79 Å². The third-order valence-electron chi connectivity index (χ3n) is 4.90. The third-order valence-corrected chi connectivity index (χ3v) is 4.90. The van der Waals surface area contributed by atoms with Crippen LogP contribution < -0.4 is 0 Å². The summed E-state index contributed by atoms with van der Waals surface area (Å²) < 4.78 is 6.09. The summed E-state index contributed by atoms with van der Waals surface area (Å²) in [6.07, 6.45) is 14.1. The highest BCUT2D eigenvalue weighted by molar-refractivity contribution is 5.78. The van der Waals surface area contributed by atoms with Crippen molar-refractivity contribution in [3.05, 3.63) is 0 Å². The maximum atomic E-state index is 11.4. The molecule has 1 saturated carbocycles. The SMILES string of the molecule is CCCC(=O)CCCCCC1COC2(CCCC2)C1. The minimum absolute atomic E-state index is 0.293. The van der Waals surface area contributed by atoms with Gasteiger partial charge < -0.3 is 4.74 Å². The molecule has 0 N–H and O–H groups in total. The van der Waals surface area contributed by atoms with E-state index in [2.05, 4.69) is 6.92 Å². The van der Waals surface area contributed by atoms with E-state index < -0.39 is 0 Å². The van der Waals surface area contributed by atoms with Crippen LogP contribution >= 0.6 is 0 Å². The van der Waals surface area contributed by atoms with Crippen molar-refractivity contribution in [1.82, 2.24) is 0 Å². The topological polar surface area (TPSA) is 26.3 Å². The molecule has 0 aromatic carbocycles. The summed E-state index contributed by atoms with van der Waals surface area (Å²) in [7, 11) is 0. The number of Topliss-reactive ketones (excluding diaryl/α,β-unsaturated/α-hetero) is 1. The predicted molar refractivity (Wildman–Crippen MR) is 78.3 cm³/mol. The van der Waals surface area contributed by atoms with Crippen molar-refractivity contribution in [2.24, 2.45) is 5.92 Å². The third kappa shape index (κ3) is 4.59. The first kappa shape index (κ1) is 15.0. The molecule has 2 heteroatoms. The minimum Gasteiger partial charge on any atom is -0.375 e. The number of carbonyl (C=O) groups excluding carboxylic acids is 1. The molecule has 2 nitrogen and oxygen atoms in total. The second-order valence-corrected chi connectivity index (χ2v) is 6.66. The number of carbonyl (C=O) groups is 1. The van der Waals surface area contributed by atoms with Crippen LogP contribution in [0.15, 0.2) is 0 Å². The molecule has 1 aliphatic carbocycles. The van der Waals surface area contributed by atoms with Crippen LogP contribution in [0, 0.1) is 5.92 Å². The van der Waals surface area contributed by atoms with Crippen LogP contribution in [0.1, 0.15) is 84.0 Å². The van der Waals surface area contributed by atoms with Gasteiger partial charge in [-0.2, -0.15) is 0 Å². The fourth-order valence-corrected chi connectivity index (χ4v) is 3.83. The van der Waals surface area contributed by atoms with Gasteiger partial charge in [0.05, 0.1) is 12.2 Å². The lowest BCUT2D eigenvalue weighted by atomic mass is 9.89. The number of ketones is 1. The van der Waals surface area contributed by atoms with Gasteiger partial charge in [0.25, 0.3) is 0 Å². The molecular formula is C17H30O2. The van der Waals surface area contributed by atoms with Gasteiger partial charge in [0.2, 0.25) is 0 Å². The maximum absolute atomic E-state index is 11.4. The Bertz CT molecular complexity index is 279. The quantitative estimate of drug-likeness (QED) is 0.597. The van der Waals surface area contributed by atoms with Crippen LogP contribution in [0.3, 0.4) is 0 Å². The van der Waals surface area contributed by atoms with Gasteiger partial charge in [-0.15, -0.1) is 0 Å². The van der Waals surface area contributed by atoms with Crippen molar-refractivity contribution >= 4 is 5.78 Å². The van der Waals surface area contributed by atoms with E-state index in [0.717, 1.165) is 38.2 Å². The van der Waals surface area contributed by atoms with E-state index in [9.17, 15) is 4.79 Å². The highest BCUT2D eigenvalue weighted by atomic mass is 16.5. The van der Waals surface area contributed by atoms with Crippen LogP contribution in [-0.4, -0.2) is 18.0 Å². The Morgan fingerprint density at radius 3 is 2.68 bits per heavy atom. The lowest BCUT2D eigenvalue weighted by Gasteiger charge is -2.21. The number of hydrogen-bond donors (Lipinski definition) is 0. The molecule has 0 amide bonds. The fourth-order valence-electron chi connectivity index (χ4n) is 3.83. The standard InChI is InChI=1S/C17H30O2/c1-2-8-16(18)10-5-3-4-9-15-13-17(19-14-15)11-6-7-12-17/h15H,2-14H2,1H3. The van der Waals surface area contributed by atoms with Crippen molar-refractivity contribution in [3.63, 3.8) is 0 Å². The monoisotopic (exact) mass is 266 g/mol. The fraction of sp³-hybridized carbons (Fsp3) is 0.941. The second-order valence-electron chi connectivity index (χ2n) is 6.66. The number of unbranched alkanes of at least 4 members (excludes halogenated alkanes) is 2. The van der Waals surface area contributed by atoms with Gasteiger partial charge >= 0.3 is 0 Å². The lowest BCUT2D eigenvalue weighted by molar-refractivity contribution is -0.119. The molecule has 0 aromatic rings. The molecule has 2 rings (SSSR count). The molecular weight excluding hydrogens is 236 g/mol. The van der Waals surface area contributed by atoms with Gasteiger partial charge in [-0.05, 0) is 44.4 Å². The van der Waals surface area contributed by atoms with Gasteiger partial charge in [0.15, 0.2) is 0 Å². The minimum atomic E-state index is 0.293. The Morgan fingerprint density at radius 1 is 1.16 bits per heavy atom. The maximum Gasteiger partial charge on any atom is 0.132 e. The average Bonchev–Trinajstić information content (AvgIpc) is 3.00. The zero-order valence-electron chi connectivity index (χ0n) is 12.6. The molecule has 1 aliphatic heterocycles. The molecule has 1 heterocycles. The molecule has 1 spiro atoms. The summed E-state index contributed by atoms with van der Waals surface area (Å²) in [4.78, 5) is 11.4. The summed E-state index contributed by atoms with van der Waals surface area (Å²) >= 11 is 0. The van der Waals surface area contributed by atoms with Crippen LogP contribution in [0.4, 0.5) is 0 Å². The number of ether oxygens (including phenoxy) is 1. The summed E-state index contributed by atoms with van der Waals surface area (Å²) in [5.41, 5.74) is 0.293. The Morgan fingerprint density at radius 2 is 1.95 bits per heavy atom. The molecule has 0 radical (unpaired) electrons. The molecule has 2 aliphatic rings. The summed E-state index contributed by atoms with van der Waals surface area (Å²) in [5, 5.41) is 0. The Kier molecular flexibility index (Phi) is 5.87. The largest absolute Gasteiger partial charge is 0.375 e. The Labute approximate surface area is 118 Å². The van der Waals surface area contributed by atoms with Crippen LogP contribution in [0.25, 0.3) is 0 Å². The first-order valence-corrected chi connectivity index (χ1v) is 8.40. The smallest absolute Gasteiger partial charge is 0.132 e. The van der Waals surface area contributed by atoms with E-state index in [-0.39, 0.29) is 0 Å². The first-order valence-electron chi connectivity index (χ1n) is 8.40. The average molecular weight is 266 g/mol. The van der Waals surface area contributed by atoms with Crippen molar-refractivity contribution < 1.29 is 9.53 Å². The highest BCUT2D eigenvalue weighted by Crippen LogP contribution is 2.44. The van der Waals surface area contributed by atoms with Gasteiger partial charge in [-0.25, -0.2) is 0 Å². The molecule has 2 fully saturated rings. The van der Waals surface area contributed by atoms with E-state index in [0.29, 0.717) is 11.4 Å². The Balaban J connectivity index is 1.51. The molecule has 110 valence electrons. The van der Waals surface area contributed by atoms with Crippen molar-refractivity contribution in [2.45, 2.75) is 89.6 Å². The molecule has 19 heavy (non-hydrogen) atoms. The molecule has 0 bridgehead atoms. The Hall–Kier alpha value is -0.370. The van der Waals surface area contributed by atoms with Crippen LogP contribution in [0.5, 0.6) is 0 Å². The van der Waals surface area contributed by atoms with Gasteiger partial charge in [0, 0.05) is 12.8 Å². The van der Waals surface area contributed by atoms with E-state index in [1.807, 2.05) is 0 Å². The van der Waals surface area contributed by atoms with E-state index in [1.165, 1.54) is 51.4 Å². The van der Waals surface area contributed by atoms with E-state index >= 15 is 0 Å². The summed E-state index contributed by atoms with van der Waals surface area (Å²) in [6.45, 7) is 3.08. The van der Waals surface area contributed by atoms with Crippen molar-refractivity contribution in [2.75, 3.05) is 6.61 Å². The normalized spacial score (nSPS) is 25.2. The van der Waals surface area contributed by atoms with Crippen LogP contribution in [0.2, 0.25) is 0 Å². The molecule has 0 aromatic heterocycles. The molecule has 1 unspecified atom stereocenters. The van der Waals surface area contributed by atoms with Crippen molar-refractivity contribution in [3.8, 4) is 0 Å². The lowest BCUT2D eigenvalue weighted by Crippen LogP contribution is -2.22. The summed E-state index contributed by atoms with van der Waals surface area (Å²) in [6, 6.07) is 0. The number of hydrogen-bond acceptors (Lipinski definition) is 2. The zero-order chi connectivity index (χ0) is 13.6. The van der Waals surface area contributed by atoms with Crippen molar-refractivity contribution in [1.29, 1.82) is 0 Å². The van der Waals surface area contributed by atoms with Crippen LogP contribution in [-0.2, 0) is 9.53 Å². The predicted octanol–water partition coefficient (Wildman–Crippen LogP) is 4.66. The van der Waals surface area contributed by atoms with Gasteiger partial charge in [0.1, 0.15) is 5.78 Å². The molecule has 1 saturated heterocycles. The first-order chi connectivity index (χ1) is 9.24. The van der Waals surface area contributed by atoms with E-state index in [1.54, 1.807) is 0 Å². The summed E-state index contributed by atoms with van der Waals surface area (Å²) in [5.74, 6) is 1.25. The van der Waals surface area contributed by atoms with E-state index in [4.69, 9.17) is 4.74 Å². The zero-order valence-corrected chi connectivity index (χ0v) is 12.6. The molecule has 1 atom stereocenters.